The van der Waals surface area contributed by atoms with Gasteiger partial charge in [0.15, 0.2) is 17.7 Å². The first-order valence-electron chi connectivity index (χ1n) is 8.32. The van der Waals surface area contributed by atoms with Crippen LogP contribution in [0.5, 0.6) is 0 Å². The fourth-order valence-electron chi connectivity index (χ4n) is 2.48. The number of aliphatic hydroxyl groups excluding tert-OH is 2. The van der Waals surface area contributed by atoms with Crippen LogP contribution in [0, 0.1) is 0 Å². The molecular formula is C12H20MnN6O12P2. The summed E-state index contributed by atoms with van der Waals surface area (Å²) < 4.78 is 36.8. The van der Waals surface area contributed by atoms with Gasteiger partial charge in [0.05, 0.1) is 12.9 Å². The molecule has 1 saturated heterocycles. The second kappa shape index (κ2) is 11.7. The van der Waals surface area contributed by atoms with Gasteiger partial charge in [-0.05, 0) is 0 Å². The number of aromatic nitrogens is 4. The van der Waals surface area contributed by atoms with E-state index in [0.717, 1.165) is 6.33 Å². The summed E-state index contributed by atoms with van der Waals surface area (Å²) in [6.45, 7) is 0.423. The van der Waals surface area contributed by atoms with Gasteiger partial charge in [0.1, 0.15) is 30.2 Å². The number of nitrogens with two attached hydrogens (primary N) is 2. The third kappa shape index (κ3) is 8.01. The molecule has 5 atom stereocenters. The molecule has 0 amide bonds. The maximum Gasteiger partial charge on any atom is 0.481 e. The van der Waals surface area contributed by atoms with Crippen molar-refractivity contribution in [2.24, 2.45) is 5.90 Å². The Hall–Kier alpha value is -1.56. The van der Waals surface area contributed by atoms with E-state index >= 15 is 0 Å². The average Bonchev–Trinajstić information content (AvgIpc) is 3.22. The maximum absolute atomic E-state index is 11.5. The number of hydrogen-bond acceptors (Lipinski definition) is 14. The molecule has 1 fully saturated rings. The van der Waals surface area contributed by atoms with E-state index in [1.165, 1.54) is 17.8 Å². The zero-order chi connectivity index (χ0) is 24.3. The molecule has 21 heteroatoms. The molecule has 0 bridgehead atoms. The summed E-state index contributed by atoms with van der Waals surface area (Å²) in [5, 5.41) is 20.3. The monoisotopic (exact) mass is 557 g/mol. The van der Waals surface area contributed by atoms with Gasteiger partial charge in [-0.25, -0.2) is 24.1 Å². The van der Waals surface area contributed by atoms with E-state index in [9.17, 15) is 29.0 Å². The minimum Gasteiger partial charge on any atom is -0.387 e. The van der Waals surface area contributed by atoms with Crippen LogP contribution < -0.4 is 11.6 Å². The van der Waals surface area contributed by atoms with Crippen molar-refractivity contribution in [2.75, 3.05) is 12.3 Å². The van der Waals surface area contributed by atoms with E-state index in [0.29, 0.717) is 0 Å². The predicted molar refractivity (Wildman–Crippen MR) is 101 cm³/mol. The molecule has 2 aromatic rings. The number of fused-ring (bicyclic) bond motifs is 1. The standard InChI is InChI=1S/C10H15N5O10P2.C2H5NO2.Mn/c11-8-5-9(13-2-12-8)15(3-14-5)10-7(17)6(16)4(24-10)1-23-27(21,22)25-26(18,19)20;1-2(4)5-3;/h2-4,6-7,10,16-17H,1H2,(H,21,22)(H2,11,12,13)(H2,18,19,20);3H2,1H3;/t4-,6-,7-,10-;;/m1../s1. The maximum atomic E-state index is 11.5. The Kier molecular flexibility index (Phi) is 10.5. The van der Waals surface area contributed by atoms with E-state index in [4.69, 9.17) is 20.3 Å². The van der Waals surface area contributed by atoms with E-state index < -0.39 is 52.8 Å². The largest absolute Gasteiger partial charge is 0.481 e. The summed E-state index contributed by atoms with van der Waals surface area (Å²) in [6, 6.07) is 0. The molecule has 1 aliphatic rings. The van der Waals surface area contributed by atoms with Crippen LogP contribution in [0.25, 0.3) is 11.2 Å². The summed E-state index contributed by atoms with van der Waals surface area (Å²) in [6.07, 6.45) is -3.20. The van der Waals surface area contributed by atoms with Gasteiger partial charge in [0.2, 0.25) is 0 Å². The van der Waals surface area contributed by atoms with E-state index in [2.05, 4.69) is 34.5 Å². The minimum absolute atomic E-state index is 0. The first-order valence-corrected chi connectivity index (χ1v) is 11.3. The molecule has 1 aliphatic heterocycles. The number of phosphoric ester groups is 1. The second-order valence-electron chi connectivity index (χ2n) is 6.08. The number of anilines is 1. The van der Waals surface area contributed by atoms with Crippen molar-refractivity contribution in [3.8, 4) is 0 Å². The number of phosphoric acid groups is 2. The Morgan fingerprint density at radius 2 is 1.82 bits per heavy atom. The van der Waals surface area contributed by atoms with Crippen LogP contribution in [-0.4, -0.2) is 75.3 Å². The molecule has 33 heavy (non-hydrogen) atoms. The van der Waals surface area contributed by atoms with Crippen LogP contribution in [-0.2, 0) is 49.4 Å². The number of carbonyl (C=O) groups excluding carboxylic acids is 1. The molecule has 3 heterocycles. The van der Waals surface area contributed by atoms with Crippen molar-refractivity contribution in [3.05, 3.63) is 12.7 Å². The quantitative estimate of drug-likeness (QED) is 0.111. The van der Waals surface area contributed by atoms with Crippen molar-refractivity contribution in [1.82, 2.24) is 19.5 Å². The minimum atomic E-state index is -5.29. The fourth-order valence-corrected chi connectivity index (χ4v) is 4.08. The van der Waals surface area contributed by atoms with Gasteiger partial charge < -0.3 is 40.2 Å². The number of nitrogen functional groups attached to an aromatic ring is 1. The summed E-state index contributed by atoms with van der Waals surface area (Å²) in [7, 11) is -10.4. The first-order chi connectivity index (χ1) is 14.8. The van der Waals surface area contributed by atoms with Crippen molar-refractivity contribution >= 4 is 38.6 Å². The number of nitrogens with zero attached hydrogens (tertiary/aromatic N) is 4. The molecule has 0 aromatic carbocycles. The van der Waals surface area contributed by atoms with Gasteiger partial charge in [0.25, 0.3) is 0 Å². The number of aliphatic hydroxyl groups is 2. The average molecular weight is 557 g/mol. The topological polar surface area (TPSA) is 285 Å². The Morgan fingerprint density at radius 1 is 1.21 bits per heavy atom. The summed E-state index contributed by atoms with van der Waals surface area (Å²) in [4.78, 5) is 51.2. The SMILES string of the molecule is CC(=O)ON.Nc1ncnc2c1ncn2[C@@H]1O[C@H](COP(=O)(O)OP(=O)(O)O)[C@@H](O)[C@H]1O.[Mn]. The normalized spacial score (nSPS) is 24.3. The predicted octanol–water partition coefficient (Wildman–Crippen LogP) is -2.33. The Bertz CT molecular complexity index is 1050. The third-order valence-corrected chi connectivity index (χ3v) is 5.93. The summed E-state index contributed by atoms with van der Waals surface area (Å²) >= 11 is 0. The van der Waals surface area contributed by atoms with Gasteiger partial charge in [-0.2, -0.15) is 10.2 Å². The van der Waals surface area contributed by atoms with Crippen LogP contribution in [0.3, 0.4) is 0 Å². The fraction of sp³-hybridized carbons (Fsp3) is 0.500. The van der Waals surface area contributed by atoms with Crippen molar-refractivity contribution in [3.63, 3.8) is 0 Å². The van der Waals surface area contributed by atoms with Crippen LogP contribution in [0.15, 0.2) is 12.7 Å². The number of imidazole rings is 1. The van der Waals surface area contributed by atoms with E-state index in [-0.39, 0.29) is 34.1 Å². The molecule has 18 nitrogen and oxygen atoms in total. The molecule has 1 unspecified atom stereocenters. The number of hydrogen-bond donors (Lipinski definition) is 7. The molecule has 0 spiro atoms. The molecule has 9 N–H and O–H groups in total. The van der Waals surface area contributed by atoms with Gasteiger partial charge in [0, 0.05) is 24.0 Å². The number of carbonyl (C=O) groups is 1. The van der Waals surface area contributed by atoms with Gasteiger partial charge in [-0.3, -0.25) is 13.9 Å². The van der Waals surface area contributed by atoms with Crippen LogP contribution in [0.4, 0.5) is 5.82 Å². The van der Waals surface area contributed by atoms with Gasteiger partial charge in [-0.1, -0.05) is 0 Å². The second-order valence-corrected chi connectivity index (χ2v) is 8.90. The van der Waals surface area contributed by atoms with Crippen LogP contribution in [0.2, 0.25) is 0 Å². The molecular weight excluding hydrogens is 537 g/mol. The summed E-state index contributed by atoms with van der Waals surface area (Å²) in [5.74, 6) is 3.94. The summed E-state index contributed by atoms with van der Waals surface area (Å²) in [5.41, 5.74) is 6.11. The molecule has 187 valence electrons. The number of ether oxygens (including phenoxy) is 1. The molecule has 1 radical (unpaired) electrons. The molecule has 0 aliphatic carbocycles. The zero-order valence-corrected chi connectivity index (χ0v) is 19.5. The Labute approximate surface area is 195 Å². The Balaban J connectivity index is 0.000000821. The molecule has 3 rings (SSSR count). The van der Waals surface area contributed by atoms with Crippen molar-refractivity contribution < 1.29 is 74.3 Å². The van der Waals surface area contributed by atoms with Crippen LogP contribution in [0.1, 0.15) is 13.2 Å². The molecule has 0 saturated carbocycles. The third-order valence-electron chi connectivity index (χ3n) is 3.78. The van der Waals surface area contributed by atoms with Gasteiger partial charge in [-0.15, -0.1) is 0 Å². The smallest absolute Gasteiger partial charge is 0.387 e. The Morgan fingerprint density at radius 3 is 2.36 bits per heavy atom. The van der Waals surface area contributed by atoms with Crippen molar-refractivity contribution in [2.45, 2.75) is 31.5 Å². The van der Waals surface area contributed by atoms with Crippen molar-refractivity contribution in [1.29, 1.82) is 0 Å². The molecule has 2 aromatic heterocycles. The van der Waals surface area contributed by atoms with E-state index in [1.807, 2.05) is 0 Å². The van der Waals surface area contributed by atoms with Gasteiger partial charge >= 0.3 is 21.6 Å². The van der Waals surface area contributed by atoms with E-state index in [1.54, 1.807) is 0 Å². The zero-order valence-electron chi connectivity index (χ0n) is 16.5. The first kappa shape index (κ1) is 29.5. The van der Waals surface area contributed by atoms with Crippen LogP contribution >= 0.6 is 15.6 Å². The number of rotatable bonds is 6.